The molecule has 0 spiro atoms. The van der Waals surface area contributed by atoms with Gasteiger partial charge in [-0.25, -0.2) is 0 Å². The number of nitrogens with one attached hydrogen (secondary N) is 1. The minimum Gasteiger partial charge on any atom is -0.495 e. The number of ether oxygens (including phenoxy) is 1. The van der Waals surface area contributed by atoms with Crippen molar-refractivity contribution >= 4 is 28.7 Å². The minimum atomic E-state index is 0.368. The van der Waals surface area contributed by atoms with Gasteiger partial charge >= 0.3 is 0 Å². The summed E-state index contributed by atoms with van der Waals surface area (Å²) in [4.78, 5) is 1.91. The number of benzene rings is 2. The highest BCUT2D eigenvalue weighted by Crippen LogP contribution is 2.29. The molecule has 0 aliphatic rings. The van der Waals surface area contributed by atoms with E-state index in [1.807, 2.05) is 61.2 Å². The zero-order valence-electron chi connectivity index (χ0n) is 14.2. The second-order valence-corrected chi connectivity index (χ2v) is 5.82. The van der Waals surface area contributed by atoms with Gasteiger partial charge in [-0.1, -0.05) is 30.3 Å². The fourth-order valence-corrected chi connectivity index (χ4v) is 2.82. The lowest BCUT2D eigenvalue weighted by atomic mass is 10.1. The molecule has 0 atom stereocenters. The van der Waals surface area contributed by atoms with Crippen LogP contribution in [-0.2, 0) is 0 Å². The maximum atomic E-state index is 8.98. The Morgan fingerprint density at radius 1 is 1.17 bits per heavy atom. The van der Waals surface area contributed by atoms with E-state index < -0.39 is 0 Å². The molecule has 0 bridgehead atoms. The number of hydrogen-bond acceptors (Lipinski definition) is 3. The largest absolute Gasteiger partial charge is 0.495 e. The first-order valence-electron chi connectivity index (χ1n) is 7.73. The number of thiocarbonyl (C=S) groups is 1. The number of para-hydroxylation sites is 3. The van der Waals surface area contributed by atoms with Gasteiger partial charge < -0.3 is 15.0 Å². The Hall–Kier alpha value is -2.58. The lowest BCUT2D eigenvalue weighted by Crippen LogP contribution is -2.36. The summed E-state index contributed by atoms with van der Waals surface area (Å²) in [5.74, 6) is 0.723. The van der Waals surface area contributed by atoms with E-state index in [0.717, 1.165) is 28.3 Å². The van der Waals surface area contributed by atoms with Crippen LogP contribution < -0.4 is 15.0 Å². The minimum absolute atomic E-state index is 0.368. The molecule has 0 unspecified atom stereocenters. The zero-order chi connectivity index (χ0) is 17.5. The van der Waals surface area contributed by atoms with E-state index in [2.05, 4.69) is 11.4 Å². The second kappa shape index (κ2) is 8.32. The van der Waals surface area contributed by atoms with E-state index in [4.69, 9.17) is 22.2 Å². The van der Waals surface area contributed by atoms with Gasteiger partial charge in [0.1, 0.15) is 5.75 Å². The molecule has 2 aromatic rings. The molecule has 0 radical (unpaired) electrons. The van der Waals surface area contributed by atoms with Crippen molar-refractivity contribution in [2.24, 2.45) is 0 Å². The number of nitriles is 1. The van der Waals surface area contributed by atoms with Crippen LogP contribution in [0, 0.1) is 25.2 Å². The Labute approximate surface area is 148 Å². The lowest BCUT2D eigenvalue weighted by Gasteiger charge is -2.27. The molecule has 0 heterocycles. The van der Waals surface area contributed by atoms with Crippen molar-refractivity contribution in [3.63, 3.8) is 0 Å². The van der Waals surface area contributed by atoms with E-state index in [9.17, 15) is 0 Å². The molecular weight excluding hydrogens is 318 g/mol. The van der Waals surface area contributed by atoms with Gasteiger partial charge in [0.15, 0.2) is 5.11 Å². The smallest absolute Gasteiger partial charge is 0.178 e. The van der Waals surface area contributed by atoms with Crippen molar-refractivity contribution < 1.29 is 4.74 Å². The summed E-state index contributed by atoms with van der Waals surface area (Å²) in [7, 11) is 1.63. The van der Waals surface area contributed by atoms with Crippen molar-refractivity contribution in [1.29, 1.82) is 5.26 Å². The lowest BCUT2D eigenvalue weighted by molar-refractivity contribution is 0.415. The number of nitrogens with zero attached hydrogens (tertiary/aromatic N) is 2. The van der Waals surface area contributed by atoms with Crippen molar-refractivity contribution in [2.45, 2.75) is 20.3 Å². The monoisotopic (exact) mass is 339 g/mol. The van der Waals surface area contributed by atoms with Crippen molar-refractivity contribution in [1.82, 2.24) is 0 Å². The summed E-state index contributed by atoms with van der Waals surface area (Å²) < 4.78 is 5.44. The van der Waals surface area contributed by atoms with Gasteiger partial charge in [0.05, 0.1) is 25.3 Å². The predicted octanol–water partition coefficient (Wildman–Crippen LogP) is 4.43. The molecule has 124 valence electrons. The van der Waals surface area contributed by atoms with Gasteiger partial charge in [-0.3, -0.25) is 0 Å². The Morgan fingerprint density at radius 3 is 2.46 bits per heavy atom. The van der Waals surface area contributed by atoms with Crippen LogP contribution in [0.25, 0.3) is 0 Å². The standard InChI is InChI=1S/C19H21N3OS/c1-14-8-6-9-15(2)18(14)21-19(24)22(13-7-12-20)16-10-4-5-11-17(16)23-3/h4-6,8-11H,7,13H2,1-3H3,(H,21,24). The number of hydrogen-bond donors (Lipinski definition) is 1. The summed E-state index contributed by atoms with van der Waals surface area (Å²) in [5, 5.41) is 12.9. The average Bonchev–Trinajstić information content (AvgIpc) is 2.59. The van der Waals surface area contributed by atoms with Crippen molar-refractivity contribution in [3.05, 3.63) is 53.6 Å². The fourth-order valence-electron chi connectivity index (χ4n) is 2.53. The van der Waals surface area contributed by atoms with Gasteiger partial charge in [-0.15, -0.1) is 0 Å². The van der Waals surface area contributed by atoms with E-state index in [1.165, 1.54) is 0 Å². The number of aryl methyl sites for hydroxylation is 2. The van der Waals surface area contributed by atoms with Crippen LogP contribution in [0.15, 0.2) is 42.5 Å². The van der Waals surface area contributed by atoms with Crippen LogP contribution in [0.3, 0.4) is 0 Å². The first kappa shape index (κ1) is 17.8. The first-order chi connectivity index (χ1) is 11.6. The maximum Gasteiger partial charge on any atom is 0.178 e. The summed E-state index contributed by atoms with van der Waals surface area (Å²) in [6.45, 7) is 4.58. The molecule has 0 saturated heterocycles. The molecule has 0 aliphatic heterocycles. The summed E-state index contributed by atoms with van der Waals surface area (Å²) in [5.41, 5.74) is 4.09. The Bertz CT molecular complexity index is 747. The third kappa shape index (κ3) is 4.03. The molecule has 4 nitrogen and oxygen atoms in total. The summed E-state index contributed by atoms with van der Waals surface area (Å²) in [6.07, 6.45) is 0.368. The highest BCUT2D eigenvalue weighted by atomic mass is 32.1. The number of methoxy groups -OCH3 is 1. The molecule has 1 N–H and O–H groups in total. The molecule has 2 rings (SSSR count). The Kier molecular flexibility index (Phi) is 6.16. The molecule has 0 saturated carbocycles. The van der Waals surface area contributed by atoms with E-state index in [-0.39, 0.29) is 0 Å². The van der Waals surface area contributed by atoms with Gasteiger partial charge in [0, 0.05) is 12.2 Å². The topological polar surface area (TPSA) is 48.3 Å². The Morgan fingerprint density at radius 2 is 1.83 bits per heavy atom. The third-order valence-electron chi connectivity index (χ3n) is 3.78. The molecule has 0 amide bonds. The Balaban J connectivity index is 2.34. The van der Waals surface area contributed by atoms with Crippen molar-refractivity contribution in [3.8, 4) is 11.8 Å². The highest BCUT2D eigenvalue weighted by Gasteiger charge is 2.17. The van der Waals surface area contributed by atoms with Crippen LogP contribution in [0.4, 0.5) is 11.4 Å². The quantitative estimate of drug-likeness (QED) is 0.817. The average molecular weight is 339 g/mol. The molecule has 24 heavy (non-hydrogen) atoms. The van der Waals surface area contributed by atoms with E-state index in [1.54, 1.807) is 7.11 Å². The van der Waals surface area contributed by atoms with Gasteiger partial charge in [-0.2, -0.15) is 5.26 Å². The molecule has 0 fully saturated rings. The molecule has 0 aromatic heterocycles. The van der Waals surface area contributed by atoms with Crippen LogP contribution in [0.2, 0.25) is 0 Å². The van der Waals surface area contributed by atoms with Gasteiger partial charge in [0.25, 0.3) is 0 Å². The highest BCUT2D eigenvalue weighted by molar-refractivity contribution is 7.80. The second-order valence-electron chi connectivity index (χ2n) is 5.43. The van der Waals surface area contributed by atoms with Crippen LogP contribution in [0.5, 0.6) is 5.75 Å². The maximum absolute atomic E-state index is 8.98. The zero-order valence-corrected chi connectivity index (χ0v) is 15.0. The van der Waals surface area contributed by atoms with Crippen LogP contribution in [0.1, 0.15) is 17.5 Å². The summed E-state index contributed by atoms with van der Waals surface area (Å²) in [6, 6.07) is 15.9. The van der Waals surface area contributed by atoms with Crippen LogP contribution in [-0.4, -0.2) is 18.8 Å². The van der Waals surface area contributed by atoms with E-state index in [0.29, 0.717) is 18.1 Å². The number of rotatable bonds is 5. The fraction of sp³-hybridized carbons (Fsp3) is 0.263. The van der Waals surface area contributed by atoms with Crippen LogP contribution >= 0.6 is 12.2 Å². The first-order valence-corrected chi connectivity index (χ1v) is 8.14. The predicted molar refractivity (Wildman–Crippen MR) is 103 cm³/mol. The summed E-state index contributed by atoms with van der Waals surface area (Å²) >= 11 is 5.63. The van der Waals surface area contributed by atoms with Crippen molar-refractivity contribution in [2.75, 3.05) is 23.9 Å². The molecular formula is C19H21N3OS. The van der Waals surface area contributed by atoms with Gasteiger partial charge in [-0.05, 0) is 49.3 Å². The van der Waals surface area contributed by atoms with E-state index >= 15 is 0 Å². The van der Waals surface area contributed by atoms with Gasteiger partial charge in [0.2, 0.25) is 0 Å². The number of anilines is 2. The normalized spacial score (nSPS) is 9.92. The SMILES string of the molecule is COc1ccccc1N(CCC#N)C(=S)Nc1c(C)cccc1C. The molecule has 5 heteroatoms. The third-order valence-corrected chi connectivity index (χ3v) is 4.10. The molecule has 0 aliphatic carbocycles. The molecule has 2 aromatic carbocycles.